The summed E-state index contributed by atoms with van der Waals surface area (Å²) in [5.41, 5.74) is 0. The van der Waals surface area contributed by atoms with Gasteiger partial charge in [-0.3, -0.25) is 4.79 Å². The molecule has 0 bridgehead atoms. The lowest BCUT2D eigenvalue weighted by Gasteiger charge is -2.08. The van der Waals surface area contributed by atoms with Crippen LogP contribution in [0.15, 0.2) is 35.2 Å². The highest BCUT2D eigenvalue weighted by Gasteiger charge is 2.14. The Labute approximate surface area is 106 Å². The molecule has 1 aromatic carbocycles. The number of hydrogen-bond donors (Lipinski definition) is 3. The van der Waals surface area contributed by atoms with Crippen molar-refractivity contribution in [1.29, 1.82) is 0 Å². The highest BCUT2D eigenvalue weighted by molar-refractivity contribution is 7.89. The number of carbonyl (C=O) groups is 1. The molecular weight excluding hydrogens is 256 g/mol. The molecule has 3 N–H and O–H groups in total. The average Bonchev–Trinajstić information content (AvgIpc) is 2.35. The first kappa shape index (κ1) is 14.6. The second-order valence-corrected chi connectivity index (χ2v) is 5.56. The fourth-order valence-corrected chi connectivity index (χ4v) is 2.17. The number of sulfonamides is 1. The molecule has 0 aromatic heterocycles. The number of amides is 1. The molecule has 0 heterocycles. The summed E-state index contributed by atoms with van der Waals surface area (Å²) in [7, 11) is -3.67. The number of aliphatic hydroxyl groups excluding tert-OH is 1. The maximum atomic E-state index is 11.7. The van der Waals surface area contributed by atoms with Gasteiger partial charge in [0, 0.05) is 6.54 Å². The molecule has 0 aliphatic heterocycles. The number of nitrogens with one attached hydrogen (secondary N) is 2. The van der Waals surface area contributed by atoms with Crippen LogP contribution in [-0.2, 0) is 14.8 Å². The smallest absolute Gasteiger partial charge is 0.241 e. The lowest BCUT2D eigenvalue weighted by molar-refractivity contribution is -0.120. The van der Waals surface area contributed by atoms with Crippen molar-refractivity contribution in [3.8, 4) is 0 Å². The Balaban J connectivity index is 2.51. The largest absolute Gasteiger partial charge is 0.392 e. The maximum absolute atomic E-state index is 11.7. The van der Waals surface area contributed by atoms with E-state index in [1.54, 1.807) is 18.2 Å². The van der Waals surface area contributed by atoms with Gasteiger partial charge in [-0.1, -0.05) is 18.2 Å². The van der Waals surface area contributed by atoms with Crippen molar-refractivity contribution in [1.82, 2.24) is 10.0 Å². The number of hydrogen-bond acceptors (Lipinski definition) is 4. The Kier molecular flexibility index (Phi) is 5.26. The van der Waals surface area contributed by atoms with Gasteiger partial charge >= 0.3 is 0 Å². The van der Waals surface area contributed by atoms with E-state index < -0.39 is 22.0 Å². The van der Waals surface area contributed by atoms with Crippen LogP contribution in [0.1, 0.15) is 6.92 Å². The Hall–Kier alpha value is -1.44. The van der Waals surface area contributed by atoms with Crippen molar-refractivity contribution in [2.24, 2.45) is 0 Å². The van der Waals surface area contributed by atoms with E-state index in [1.165, 1.54) is 19.1 Å². The normalized spacial score (nSPS) is 13.0. The van der Waals surface area contributed by atoms with Crippen LogP contribution in [0.25, 0.3) is 0 Å². The molecule has 0 saturated carbocycles. The molecular formula is C11H16N2O4S. The summed E-state index contributed by atoms with van der Waals surface area (Å²) in [6, 6.07) is 7.78. The molecule has 0 spiro atoms. The fourth-order valence-electron chi connectivity index (χ4n) is 1.17. The maximum Gasteiger partial charge on any atom is 0.241 e. The van der Waals surface area contributed by atoms with Crippen molar-refractivity contribution in [3.63, 3.8) is 0 Å². The van der Waals surface area contributed by atoms with E-state index >= 15 is 0 Å². The van der Waals surface area contributed by atoms with Gasteiger partial charge in [0.2, 0.25) is 15.9 Å². The van der Waals surface area contributed by atoms with Crippen molar-refractivity contribution in [2.75, 3.05) is 13.1 Å². The van der Waals surface area contributed by atoms with Gasteiger partial charge < -0.3 is 10.4 Å². The van der Waals surface area contributed by atoms with Gasteiger partial charge in [-0.2, -0.15) is 0 Å². The average molecular weight is 272 g/mol. The van der Waals surface area contributed by atoms with Gasteiger partial charge in [0.15, 0.2) is 0 Å². The van der Waals surface area contributed by atoms with Gasteiger partial charge in [-0.05, 0) is 19.1 Å². The molecule has 18 heavy (non-hydrogen) atoms. The summed E-state index contributed by atoms with van der Waals surface area (Å²) in [4.78, 5) is 11.4. The number of carbonyl (C=O) groups excluding carboxylic acids is 1. The van der Waals surface area contributed by atoms with Gasteiger partial charge in [-0.25, -0.2) is 13.1 Å². The van der Waals surface area contributed by atoms with Crippen LogP contribution in [0, 0.1) is 0 Å². The molecule has 7 heteroatoms. The minimum absolute atomic E-state index is 0.0892. The second kappa shape index (κ2) is 6.48. The first-order chi connectivity index (χ1) is 8.42. The van der Waals surface area contributed by atoms with E-state index in [4.69, 9.17) is 5.11 Å². The minimum Gasteiger partial charge on any atom is -0.392 e. The third-order valence-corrected chi connectivity index (χ3v) is 3.49. The summed E-state index contributed by atoms with van der Waals surface area (Å²) < 4.78 is 25.6. The van der Waals surface area contributed by atoms with Crippen LogP contribution in [0.2, 0.25) is 0 Å². The van der Waals surface area contributed by atoms with E-state index in [0.717, 1.165) is 0 Å². The zero-order valence-corrected chi connectivity index (χ0v) is 10.8. The molecule has 0 radical (unpaired) electrons. The van der Waals surface area contributed by atoms with E-state index in [0.29, 0.717) is 0 Å². The molecule has 1 amide bonds. The molecule has 100 valence electrons. The number of rotatable bonds is 6. The topological polar surface area (TPSA) is 95.5 Å². The Morgan fingerprint density at radius 1 is 1.33 bits per heavy atom. The van der Waals surface area contributed by atoms with Gasteiger partial charge in [0.05, 0.1) is 17.5 Å². The van der Waals surface area contributed by atoms with Gasteiger partial charge in [0.25, 0.3) is 0 Å². The van der Waals surface area contributed by atoms with E-state index in [2.05, 4.69) is 10.0 Å². The molecule has 6 nitrogen and oxygen atoms in total. The molecule has 1 rings (SSSR count). The first-order valence-corrected chi connectivity index (χ1v) is 6.89. The summed E-state index contributed by atoms with van der Waals surface area (Å²) >= 11 is 0. The predicted octanol–water partition coefficient (Wildman–Crippen LogP) is -0.538. The number of benzene rings is 1. The molecule has 1 unspecified atom stereocenters. The molecule has 1 atom stereocenters. The Morgan fingerprint density at radius 2 is 1.94 bits per heavy atom. The van der Waals surface area contributed by atoms with Crippen molar-refractivity contribution < 1.29 is 18.3 Å². The summed E-state index contributed by atoms with van der Waals surface area (Å²) in [5, 5.41) is 11.3. The van der Waals surface area contributed by atoms with E-state index in [9.17, 15) is 13.2 Å². The zero-order valence-electron chi connectivity index (χ0n) is 9.96. The van der Waals surface area contributed by atoms with E-state index in [-0.39, 0.29) is 18.0 Å². The zero-order chi connectivity index (χ0) is 13.6. The Morgan fingerprint density at radius 3 is 2.50 bits per heavy atom. The molecule has 0 saturated heterocycles. The highest BCUT2D eigenvalue weighted by Crippen LogP contribution is 2.06. The summed E-state index contributed by atoms with van der Waals surface area (Å²) in [5.74, 6) is -0.490. The minimum atomic E-state index is -3.67. The van der Waals surface area contributed by atoms with Crippen LogP contribution in [-0.4, -0.2) is 38.6 Å². The molecule has 1 aromatic rings. The SMILES string of the molecule is CC(O)CNC(=O)CNS(=O)(=O)c1ccccc1. The lowest BCUT2D eigenvalue weighted by atomic mass is 10.4. The summed E-state index contributed by atoms with van der Waals surface area (Å²) in [6.07, 6.45) is -0.667. The van der Waals surface area contributed by atoms with Crippen LogP contribution >= 0.6 is 0 Å². The second-order valence-electron chi connectivity index (χ2n) is 3.79. The highest BCUT2D eigenvalue weighted by atomic mass is 32.2. The van der Waals surface area contributed by atoms with Gasteiger partial charge in [-0.15, -0.1) is 0 Å². The standard InChI is InChI=1S/C11H16N2O4S/c1-9(14)7-12-11(15)8-13-18(16,17)10-5-3-2-4-6-10/h2-6,9,13-14H,7-8H2,1H3,(H,12,15). The van der Waals surface area contributed by atoms with E-state index in [1.807, 2.05) is 0 Å². The quantitative estimate of drug-likeness (QED) is 0.648. The monoisotopic (exact) mass is 272 g/mol. The van der Waals surface area contributed by atoms with Crippen molar-refractivity contribution in [2.45, 2.75) is 17.9 Å². The molecule has 0 fully saturated rings. The van der Waals surface area contributed by atoms with Crippen LogP contribution in [0.5, 0.6) is 0 Å². The van der Waals surface area contributed by atoms with Crippen LogP contribution < -0.4 is 10.0 Å². The molecule has 0 aliphatic carbocycles. The van der Waals surface area contributed by atoms with Crippen LogP contribution in [0.4, 0.5) is 0 Å². The van der Waals surface area contributed by atoms with Gasteiger partial charge in [0.1, 0.15) is 0 Å². The lowest BCUT2D eigenvalue weighted by Crippen LogP contribution is -2.39. The third kappa shape index (κ3) is 4.82. The predicted molar refractivity (Wildman–Crippen MR) is 66.3 cm³/mol. The van der Waals surface area contributed by atoms with Crippen molar-refractivity contribution in [3.05, 3.63) is 30.3 Å². The summed E-state index contributed by atoms with van der Waals surface area (Å²) in [6.45, 7) is 1.25. The molecule has 0 aliphatic rings. The first-order valence-electron chi connectivity index (χ1n) is 5.41. The third-order valence-electron chi connectivity index (χ3n) is 2.07. The van der Waals surface area contributed by atoms with Crippen LogP contribution in [0.3, 0.4) is 0 Å². The van der Waals surface area contributed by atoms with Crippen molar-refractivity contribution >= 4 is 15.9 Å². The Bertz CT molecular complexity index is 485. The number of aliphatic hydroxyl groups is 1. The fraction of sp³-hybridized carbons (Fsp3) is 0.364.